The summed E-state index contributed by atoms with van der Waals surface area (Å²) in [7, 11) is 0. The Morgan fingerprint density at radius 3 is 3.00 bits per heavy atom. The lowest BCUT2D eigenvalue weighted by Gasteiger charge is -2.33. The Morgan fingerprint density at radius 1 is 1.41 bits per heavy atom. The lowest BCUT2D eigenvalue weighted by Crippen LogP contribution is -2.39. The van der Waals surface area contributed by atoms with Crippen molar-refractivity contribution >= 4 is 16.9 Å². The summed E-state index contributed by atoms with van der Waals surface area (Å²) < 4.78 is 0. The molecule has 4 heteroatoms. The molecule has 2 rings (SSSR count). The molecule has 2 atom stereocenters. The van der Waals surface area contributed by atoms with Gasteiger partial charge in [0.25, 0.3) is 0 Å². The molecule has 0 saturated carbocycles. The van der Waals surface area contributed by atoms with E-state index in [2.05, 4.69) is 29.1 Å². The SMILES string of the molecule is CC1CN=C(NCCCN2CCCCC2C)S1. The Morgan fingerprint density at radius 2 is 2.29 bits per heavy atom. The molecule has 0 amide bonds. The van der Waals surface area contributed by atoms with Crippen LogP contribution in [0, 0.1) is 0 Å². The summed E-state index contributed by atoms with van der Waals surface area (Å²) in [6.07, 6.45) is 5.42. The zero-order valence-electron chi connectivity index (χ0n) is 11.1. The van der Waals surface area contributed by atoms with E-state index in [0.717, 1.165) is 24.3 Å². The van der Waals surface area contributed by atoms with Crippen LogP contribution in [0.4, 0.5) is 0 Å². The molecule has 0 aromatic heterocycles. The van der Waals surface area contributed by atoms with Crippen molar-refractivity contribution in [2.75, 3.05) is 26.2 Å². The first-order valence-electron chi connectivity index (χ1n) is 6.95. The summed E-state index contributed by atoms with van der Waals surface area (Å²) in [5.41, 5.74) is 0. The average Bonchev–Trinajstić information content (AvgIpc) is 2.73. The van der Waals surface area contributed by atoms with Crippen LogP contribution in [0.15, 0.2) is 4.99 Å². The van der Waals surface area contributed by atoms with Crippen molar-refractivity contribution in [3.05, 3.63) is 0 Å². The topological polar surface area (TPSA) is 27.6 Å². The Hall–Kier alpha value is -0.220. The molecule has 1 N–H and O–H groups in total. The molecule has 0 radical (unpaired) electrons. The van der Waals surface area contributed by atoms with E-state index in [-0.39, 0.29) is 0 Å². The van der Waals surface area contributed by atoms with Gasteiger partial charge in [0.15, 0.2) is 5.17 Å². The predicted molar refractivity (Wildman–Crippen MR) is 76.9 cm³/mol. The molecule has 0 bridgehead atoms. The lowest BCUT2D eigenvalue weighted by atomic mass is 10.0. The summed E-state index contributed by atoms with van der Waals surface area (Å²) in [6.45, 7) is 9.19. The highest BCUT2D eigenvalue weighted by atomic mass is 32.2. The normalized spacial score (nSPS) is 30.4. The number of likely N-dealkylation sites (tertiary alicyclic amines) is 1. The van der Waals surface area contributed by atoms with Crippen LogP contribution in [0.2, 0.25) is 0 Å². The van der Waals surface area contributed by atoms with Gasteiger partial charge >= 0.3 is 0 Å². The summed E-state index contributed by atoms with van der Waals surface area (Å²) >= 11 is 1.88. The fourth-order valence-electron chi connectivity index (χ4n) is 2.54. The molecule has 17 heavy (non-hydrogen) atoms. The molecular formula is C13H25N3S. The number of hydrogen-bond donors (Lipinski definition) is 1. The van der Waals surface area contributed by atoms with Crippen LogP contribution in [-0.2, 0) is 0 Å². The molecule has 0 aromatic carbocycles. The standard InChI is InChI=1S/C13H25N3S/c1-11-6-3-4-8-16(11)9-5-7-14-13-15-10-12(2)17-13/h11-12H,3-10H2,1-2H3,(H,14,15). The molecule has 0 aliphatic carbocycles. The minimum Gasteiger partial charge on any atom is -0.365 e. The van der Waals surface area contributed by atoms with E-state index in [1.54, 1.807) is 0 Å². The maximum Gasteiger partial charge on any atom is 0.156 e. The number of rotatable bonds is 4. The number of hydrogen-bond acceptors (Lipinski definition) is 4. The van der Waals surface area contributed by atoms with Gasteiger partial charge < -0.3 is 10.2 Å². The molecule has 1 fully saturated rings. The Labute approximate surface area is 109 Å². The molecule has 2 heterocycles. The average molecular weight is 255 g/mol. The number of thioether (sulfide) groups is 1. The second-order valence-electron chi connectivity index (χ2n) is 5.24. The predicted octanol–water partition coefficient (Wildman–Crippen LogP) is 2.33. The molecule has 98 valence electrons. The van der Waals surface area contributed by atoms with Crippen molar-refractivity contribution in [2.24, 2.45) is 4.99 Å². The Kier molecular flexibility index (Phi) is 5.16. The van der Waals surface area contributed by atoms with E-state index in [9.17, 15) is 0 Å². The fraction of sp³-hybridized carbons (Fsp3) is 0.923. The zero-order chi connectivity index (χ0) is 12.1. The molecular weight excluding hydrogens is 230 g/mol. The molecule has 1 saturated heterocycles. The zero-order valence-corrected chi connectivity index (χ0v) is 11.9. The Balaban J connectivity index is 1.56. The third-order valence-corrected chi connectivity index (χ3v) is 4.69. The third kappa shape index (κ3) is 4.18. The van der Waals surface area contributed by atoms with Gasteiger partial charge in [0, 0.05) is 24.4 Å². The van der Waals surface area contributed by atoms with Crippen LogP contribution >= 0.6 is 11.8 Å². The quantitative estimate of drug-likeness (QED) is 0.781. The van der Waals surface area contributed by atoms with E-state index < -0.39 is 0 Å². The molecule has 3 nitrogen and oxygen atoms in total. The first kappa shape index (κ1) is 13.2. The third-order valence-electron chi connectivity index (χ3n) is 3.64. The highest BCUT2D eigenvalue weighted by Gasteiger charge is 2.17. The van der Waals surface area contributed by atoms with Crippen LogP contribution in [0.25, 0.3) is 0 Å². The first-order chi connectivity index (χ1) is 8.25. The van der Waals surface area contributed by atoms with E-state index in [1.165, 1.54) is 38.8 Å². The molecule has 2 aliphatic rings. The van der Waals surface area contributed by atoms with E-state index >= 15 is 0 Å². The minimum absolute atomic E-state index is 0.666. The fourth-order valence-corrected chi connectivity index (χ4v) is 3.41. The van der Waals surface area contributed by atoms with Gasteiger partial charge in [0.1, 0.15) is 0 Å². The summed E-state index contributed by atoms with van der Waals surface area (Å²) in [5, 5.41) is 5.28. The van der Waals surface area contributed by atoms with Gasteiger partial charge in [-0.2, -0.15) is 0 Å². The van der Waals surface area contributed by atoms with Gasteiger partial charge in [-0.05, 0) is 32.7 Å². The largest absolute Gasteiger partial charge is 0.365 e. The van der Waals surface area contributed by atoms with Gasteiger partial charge in [-0.3, -0.25) is 4.99 Å². The van der Waals surface area contributed by atoms with Crippen molar-refractivity contribution in [2.45, 2.75) is 50.8 Å². The van der Waals surface area contributed by atoms with Crippen molar-refractivity contribution in [1.29, 1.82) is 0 Å². The monoisotopic (exact) mass is 255 g/mol. The summed E-state index contributed by atoms with van der Waals surface area (Å²) in [4.78, 5) is 7.11. The van der Waals surface area contributed by atoms with Gasteiger partial charge in [0.2, 0.25) is 0 Å². The van der Waals surface area contributed by atoms with Crippen LogP contribution in [0.3, 0.4) is 0 Å². The Bertz CT molecular complexity index is 267. The first-order valence-corrected chi connectivity index (χ1v) is 7.82. The van der Waals surface area contributed by atoms with Gasteiger partial charge in [-0.25, -0.2) is 0 Å². The smallest absolute Gasteiger partial charge is 0.156 e. The second-order valence-corrected chi connectivity index (χ2v) is 6.66. The van der Waals surface area contributed by atoms with Crippen LogP contribution in [0.5, 0.6) is 0 Å². The van der Waals surface area contributed by atoms with Gasteiger partial charge in [0.05, 0.1) is 6.54 Å². The maximum atomic E-state index is 4.47. The molecule has 0 spiro atoms. The summed E-state index contributed by atoms with van der Waals surface area (Å²) in [5.74, 6) is 0. The van der Waals surface area contributed by atoms with Crippen LogP contribution < -0.4 is 5.32 Å². The molecule has 2 aliphatic heterocycles. The van der Waals surface area contributed by atoms with E-state index in [1.807, 2.05) is 11.8 Å². The van der Waals surface area contributed by atoms with Crippen molar-refractivity contribution < 1.29 is 0 Å². The minimum atomic E-state index is 0.666. The number of nitrogens with zero attached hydrogens (tertiary/aromatic N) is 2. The van der Waals surface area contributed by atoms with Gasteiger partial charge in [-0.1, -0.05) is 25.1 Å². The second kappa shape index (κ2) is 6.64. The highest BCUT2D eigenvalue weighted by molar-refractivity contribution is 8.14. The number of nitrogens with one attached hydrogen (secondary N) is 1. The van der Waals surface area contributed by atoms with Crippen molar-refractivity contribution in [3.63, 3.8) is 0 Å². The number of amidine groups is 1. The number of aliphatic imine (C=N–C) groups is 1. The van der Waals surface area contributed by atoms with E-state index in [4.69, 9.17) is 0 Å². The maximum absolute atomic E-state index is 4.47. The van der Waals surface area contributed by atoms with Crippen molar-refractivity contribution in [3.8, 4) is 0 Å². The number of piperidine rings is 1. The molecule has 2 unspecified atom stereocenters. The van der Waals surface area contributed by atoms with E-state index in [0.29, 0.717) is 5.25 Å². The highest BCUT2D eigenvalue weighted by Crippen LogP contribution is 2.18. The van der Waals surface area contributed by atoms with Gasteiger partial charge in [-0.15, -0.1) is 0 Å². The lowest BCUT2D eigenvalue weighted by molar-refractivity contribution is 0.159. The van der Waals surface area contributed by atoms with Crippen molar-refractivity contribution in [1.82, 2.24) is 10.2 Å². The van der Waals surface area contributed by atoms with Crippen LogP contribution in [0.1, 0.15) is 39.5 Å². The molecule has 0 aromatic rings. The summed E-state index contributed by atoms with van der Waals surface area (Å²) in [6, 6.07) is 0.793. The van der Waals surface area contributed by atoms with Crippen LogP contribution in [-0.4, -0.2) is 47.5 Å².